The van der Waals surface area contributed by atoms with Crippen molar-refractivity contribution in [2.24, 2.45) is 0 Å². The van der Waals surface area contributed by atoms with Crippen LogP contribution in [0.3, 0.4) is 0 Å². The van der Waals surface area contributed by atoms with Gasteiger partial charge in [-0.15, -0.1) is 0 Å². The van der Waals surface area contributed by atoms with Crippen LogP contribution in [0.25, 0.3) is 22.6 Å². The lowest BCUT2D eigenvalue weighted by Crippen LogP contribution is -2.12. The summed E-state index contributed by atoms with van der Waals surface area (Å²) < 4.78 is 0.894. The number of pyridine rings is 1. The lowest BCUT2D eigenvalue weighted by Gasteiger charge is -2.05. The third-order valence-electron chi connectivity index (χ3n) is 2.84. The van der Waals surface area contributed by atoms with Crippen LogP contribution in [0.1, 0.15) is 0 Å². The highest BCUT2D eigenvalue weighted by atomic mass is 79.9. The number of rotatable bonds is 2. The van der Waals surface area contributed by atoms with Gasteiger partial charge in [0.05, 0.1) is 17.1 Å². The monoisotopic (exact) mass is 327 g/mol. The third kappa shape index (κ3) is 2.53. The Morgan fingerprint density at radius 1 is 1.00 bits per heavy atom. The van der Waals surface area contributed by atoms with Gasteiger partial charge in [0.15, 0.2) is 0 Å². The molecule has 98 valence electrons. The van der Waals surface area contributed by atoms with Crippen molar-refractivity contribution in [3.63, 3.8) is 0 Å². The molecule has 0 saturated carbocycles. The normalized spacial score (nSPS) is 10.4. The van der Waals surface area contributed by atoms with Crippen molar-refractivity contribution < 1.29 is 0 Å². The Kier molecular flexibility index (Phi) is 3.43. The molecule has 0 aliphatic heterocycles. The van der Waals surface area contributed by atoms with Crippen molar-refractivity contribution in [1.82, 2.24) is 15.0 Å². The van der Waals surface area contributed by atoms with Gasteiger partial charge < -0.3 is 4.98 Å². The minimum Gasteiger partial charge on any atom is -0.304 e. The van der Waals surface area contributed by atoms with Crippen molar-refractivity contribution in [2.45, 2.75) is 0 Å². The van der Waals surface area contributed by atoms with E-state index in [1.54, 1.807) is 6.20 Å². The first-order valence-electron chi connectivity index (χ1n) is 6.02. The molecule has 1 N–H and O–H groups in total. The van der Waals surface area contributed by atoms with Gasteiger partial charge in [-0.3, -0.25) is 4.98 Å². The summed E-state index contributed by atoms with van der Waals surface area (Å²) in [6, 6.07) is 15.0. The molecule has 4 nitrogen and oxygen atoms in total. The molecule has 3 aromatic rings. The number of aromatic amines is 1. The van der Waals surface area contributed by atoms with Gasteiger partial charge in [0.2, 0.25) is 0 Å². The summed E-state index contributed by atoms with van der Waals surface area (Å²) >= 11 is 3.47. The molecule has 0 saturated heterocycles. The lowest BCUT2D eigenvalue weighted by atomic mass is 10.1. The van der Waals surface area contributed by atoms with E-state index in [0.717, 1.165) is 10.0 Å². The molecule has 0 aliphatic carbocycles. The molecular weight excluding hydrogens is 318 g/mol. The molecule has 0 radical (unpaired) electrons. The van der Waals surface area contributed by atoms with Crippen molar-refractivity contribution in [3.05, 3.63) is 69.7 Å². The fraction of sp³-hybridized carbons (Fsp3) is 0. The highest BCUT2D eigenvalue weighted by Crippen LogP contribution is 2.27. The fourth-order valence-electron chi connectivity index (χ4n) is 1.92. The number of halogens is 1. The van der Waals surface area contributed by atoms with Gasteiger partial charge >= 0.3 is 5.69 Å². The van der Waals surface area contributed by atoms with E-state index in [1.165, 1.54) is 0 Å². The van der Waals surface area contributed by atoms with Gasteiger partial charge in [-0.2, -0.15) is 4.98 Å². The first kappa shape index (κ1) is 12.7. The summed E-state index contributed by atoms with van der Waals surface area (Å²) in [7, 11) is 0. The highest BCUT2D eigenvalue weighted by Gasteiger charge is 2.08. The predicted molar refractivity (Wildman–Crippen MR) is 81.2 cm³/mol. The van der Waals surface area contributed by atoms with Gasteiger partial charge in [0, 0.05) is 16.2 Å². The molecule has 2 aromatic heterocycles. The Bertz CT molecular complexity index is 799. The molecule has 0 bridgehead atoms. The van der Waals surface area contributed by atoms with Crippen molar-refractivity contribution in [1.29, 1.82) is 0 Å². The second-order valence-corrected chi connectivity index (χ2v) is 5.03. The van der Waals surface area contributed by atoms with Crippen LogP contribution >= 0.6 is 15.9 Å². The van der Waals surface area contributed by atoms with E-state index in [4.69, 9.17) is 0 Å². The van der Waals surface area contributed by atoms with Crippen LogP contribution in [0.5, 0.6) is 0 Å². The number of H-pyrrole nitrogens is 1. The Balaban J connectivity index is 2.18. The summed E-state index contributed by atoms with van der Waals surface area (Å²) in [5.41, 5.74) is 2.45. The number of nitrogens with zero attached hydrogens (tertiary/aromatic N) is 2. The van der Waals surface area contributed by atoms with E-state index in [1.807, 2.05) is 48.5 Å². The van der Waals surface area contributed by atoms with E-state index in [-0.39, 0.29) is 5.69 Å². The van der Waals surface area contributed by atoms with E-state index >= 15 is 0 Å². The van der Waals surface area contributed by atoms with Crippen LogP contribution in [0, 0.1) is 0 Å². The average Bonchev–Trinajstić information content (AvgIpc) is 2.48. The molecule has 5 heteroatoms. The van der Waals surface area contributed by atoms with Crippen LogP contribution in [0.15, 0.2) is 64.0 Å². The highest BCUT2D eigenvalue weighted by molar-refractivity contribution is 9.10. The largest absolute Gasteiger partial charge is 0.346 e. The molecule has 0 unspecified atom stereocenters. The zero-order valence-corrected chi connectivity index (χ0v) is 12.0. The van der Waals surface area contributed by atoms with E-state index in [2.05, 4.69) is 30.9 Å². The standard InChI is InChI=1S/C15H10BrN3O/c16-11-6-2-1-5-10(11)13-9-14(19-15(20)18-13)12-7-3-4-8-17-12/h1-9H,(H,18,19,20). The molecule has 0 fully saturated rings. The molecule has 0 atom stereocenters. The van der Waals surface area contributed by atoms with Gasteiger partial charge in [-0.1, -0.05) is 40.2 Å². The molecule has 0 aliphatic rings. The van der Waals surface area contributed by atoms with Crippen molar-refractivity contribution in [2.75, 3.05) is 0 Å². The minimum absolute atomic E-state index is 0.390. The summed E-state index contributed by atoms with van der Waals surface area (Å²) in [4.78, 5) is 22.7. The quantitative estimate of drug-likeness (QED) is 0.785. The second-order valence-electron chi connectivity index (χ2n) is 4.18. The predicted octanol–water partition coefficient (Wildman–Crippen LogP) is 3.26. The summed E-state index contributed by atoms with van der Waals surface area (Å²) in [6.45, 7) is 0. The molecule has 2 heterocycles. The van der Waals surface area contributed by atoms with Crippen LogP contribution < -0.4 is 5.69 Å². The Morgan fingerprint density at radius 2 is 1.80 bits per heavy atom. The molecule has 0 amide bonds. The van der Waals surface area contributed by atoms with Crippen molar-refractivity contribution >= 4 is 15.9 Å². The summed E-state index contributed by atoms with van der Waals surface area (Å²) in [5, 5.41) is 0. The average molecular weight is 328 g/mol. The van der Waals surface area contributed by atoms with E-state index in [9.17, 15) is 4.79 Å². The first-order chi connectivity index (χ1) is 9.74. The molecule has 1 aromatic carbocycles. The maximum atomic E-state index is 11.8. The number of nitrogens with one attached hydrogen (secondary N) is 1. The summed E-state index contributed by atoms with van der Waals surface area (Å²) in [5.74, 6) is 0. The molecular formula is C15H10BrN3O. The maximum Gasteiger partial charge on any atom is 0.346 e. The van der Waals surface area contributed by atoms with Gasteiger partial charge in [0.1, 0.15) is 0 Å². The number of aromatic nitrogens is 3. The Hall–Kier alpha value is -2.27. The van der Waals surface area contributed by atoms with Gasteiger partial charge in [-0.25, -0.2) is 4.79 Å². The zero-order chi connectivity index (χ0) is 13.9. The smallest absolute Gasteiger partial charge is 0.304 e. The number of hydrogen-bond acceptors (Lipinski definition) is 3. The van der Waals surface area contributed by atoms with Gasteiger partial charge in [-0.05, 0) is 24.3 Å². The molecule has 20 heavy (non-hydrogen) atoms. The molecule has 3 rings (SSSR count). The topological polar surface area (TPSA) is 58.6 Å². The third-order valence-corrected chi connectivity index (χ3v) is 3.53. The van der Waals surface area contributed by atoms with Crippen LogP contribution in [0.2, 0.25) is 0 Å². The number of hydrogen-bond donors (Lipinski definition) is 1. The van der Waals surface area contributed by atoms with Crippen LogP contribution in [0.4, 0.5) is 0 Å². The van der Waals surface area contributed by atoms with Gasteiger partial charge in [0.25, 0.3) is 0 Å². The Labute approximate surface area is 123 Å². The lowest BCUT2D eigenvalue weighted by molar-refractivity contribution is 1.07. The van der Waals surface area contributed by atoms with E-state index in [0.29, 0.717) is 17.1 Å². The van der Waals surface area contributed by atoms with Crippen LogP contribution in [-0.2, 0) is 0 Å². The van der Waals surface area contributed by atoms with E-state index < -0.39 is 0 Å². The molecule has 0 spiro atoms. The second kappa shape index (κ2) is 5.38. The zero-order valence-electron chi connectivity index (χ0n) is 10.4. The SMILES string of the molecule is O=c1nc(-c2ccccc2Br)cc(-c2ccccn2)[nH]1. The number of benzene rings is 1. The fourth-order valence-corrected chi connectivity index (χ4v) is 2.41. The summed E-state index contributed by atoms with van der Waals surface area (Å²) in [6.07, 6.45) is 1.69. The minimum atomic E-state index is -0.390. The maximum absolute atomic E-state index is 11.8. The van der Waals surface area contributed by atoms with Crippen LogP contribution in [-0.4, -0.2) is 15.0 Å². The Morgan fingerprint density at radius 3 is 2.55 bits per heavy atom. The van der Waals surface area contributed by atoms with Crippen molar-refractivity contribution in [3.8, 4) is 22.6 Å². The first-order valence-corrected chi connectivity index (χ1v) is 6.81.